The third kappa shape index (κ3) is 5.74. The smallest absolute Gasteiger partial charge is 0.227 e. The Morgan fingerprint density at radius 3 is 1.63 bits per heavy atom. The van der Waals surface area contributed by atoms with Gasteiger partial charge in [-0.2, -0.15) is 0 Å². The predicted molar refractivity (Wildman–Crippen MR) is 235 cm³/mol. The molecule has 0 fully saturated rings. The number of oxazole rings is 1. The van der Waals surface area contributed by atoms with Gasteiger partial charge >= 0.3 is 0 Å². The lowest BCUT2D eigenvalue weighted by Gasteiger charge is -2.28. The number of nitrogens with zero attached hydrogens (tertiary/aromatic N) is 2. The van der Waals surface area contributed by atoms with E-state index in [1.165, 1.54) is 33.0 Å². The van der Waals surface area contributed by atoms with E-state index in [-0.39, 0.29) is 0 Å². The maximum Gasteiger partial charge on any atom is 0.227 e. The number of benzene rings is 9. The van der Waals surface area contributed by atoms with Crippen molar-refractivity contribution in [2.24, 2.45) is 0 Å². The van der Waals surface area contributed by atoms with Gasteiger partial charge in [-0.25, -0.2) is 4.98 Å². The van der Waals surface area contributed by atoms with Crippen molar-refractivity contribution in [1.82, 2.24) is 4.98 Å². The van der Waals surface area contributed by atoms with Crippen molar-refractivity contribution in [2.75, 3.05) is 4.90 Å². The van der Waals surface area contributed by atoms with E-state index in [2.05, 4.69) is 169 Å². The molecule has 0 bridgehead atoms. The fourth-order valence-electron chi connectivity index (χ4n) is 8.19. The molecule has 57 heavy (non-hydrogen) atoms. The number of anilines is 3. The lowest BCUT2D eigenvalue weighted by Crippen LogP contribution is -2.10. The third-order valence-electron chi connectivity index (χ3n) is 10.9. The Balaban J connectivity index is 1.04. The first-order valence-electron chi connectivity index (χ1n) is 19.2. The lowest BCUT2D eigenvalue weighted by atomic mass is 9.96. The van der Waals surface area contributed by atoms with Crippen LogP contribution in [0.25, 0.3) is 88.6 Å². The van der Waals surface area contributed by atoms with Gasteiger partial charge in [-0.15, -0.1) is 0 Å². The molecule has 0 unspecified atom stereocenters. The molecule has 4 heteroatoms. The number of rotatable bonds is 7. The van der Waals surface area contributed by atoms with Crippen LogP contribution < -0.4 is 4.90 Å². The van der Waals surface area contributed by atoms with Crippen LogP contribution in [0.2, 0.25) is 0 Å². The second-order valence-corrected chi connectivity index (χ2v) is 14.3. The average molecular weight is 731 g/mol. The van der Waals surface area contributed by atoms with E-state index in [4.69, 9.17) is 13.8 Å². The van der Waals surface area contributed by atoms with E-state index in [0.717, 1.165) is 66.8 Å². The summed E-state index contributed by atoms with van der Waals surface area (Å²) in [5, 5.41) is 4.44. The van der Waals surface area contributed by atoms with Gasteiger partial charge in [0.15, 0.2) is 5.58 Å². The van der Waals surface area contributed by atoms with Crippen molar-refractivity contribution in [3.05, 3.63) is 206 Å². The molecule has 11 aromatic rings. The minimum absolute atomic E-state index is 0.597. The van der Waals surface area contributed by atoms with Gasteiger partial charge in [0.1, 0.15) is 16.7 Å². The van der Waals surface area contributed by atoms with Gasteiger partial charge in [0, 0.05) is 39.2 Å². The fourth-order valence-corrected chi connectivity index (χ4v) is 8.19. The van der Waals surface area contributed by atoms with Crippen LogP contribution in [0.3, 0.4) is 0 Å². The van der Waals surface area contributed by atoms with Crippen molar-refractivity contribution in [3.8, 4) is 44.8 Å². The third-order valence-corrected chi connectivity index (χ3v) is 10.9. The largest absolute Gasteiger partial charge is 0.456 e. The Morgan fingerprint density at radius 1 is 0.351 bits per heavy atom. The maximum atomic E-state index is 6.45. The molecule has 11 rings (SSSR count). The number of hydrogen-bond donors (Lipinski definition) is 0. The number of fused-ring (bicyclic) bond motifs is 5. The van der Waals surface area contributed by atoms with Crippen molar-refractivity contribution in [3.63, 3.8) is 0 Å². The zero-order valence-corrected chi connectivity index (χ0v) is 30.8. The predicted octanol–water partition coefficient (Wildman–Crippen LogP) is 15.0. The molecule has 0 aliphatic rings. The first-order valence-corrected chi connectivity index (χ1v) is 19.2. The van der Waals surface area contributed by atoms with Crippen LogP contribution in [0, 0.1) is 0 Å². The van der Waals surface area contributed by atoms with Gasteiger partial charge < -0.3 is 13.7 Å². The van der Waals surface area contributed by atoms with Gasteiger partial charge in [0.25, 0.3) is 0 Å². The Hall–Kier alpha value is -7.69. The highest BCUT2D eigenvalue weighted by Crippen LogP contribution is 2.44. The van der Waals surface area contributed by atoms with Gasteiger partial charge in [-0.3, -0.25) is 0 Å². The topological polar surface area (TPSA) is 42.4 Å². The molecule has 0 radical (unpaired) electrons. The highest BCUT2D eigenvalue weighted by molar-refractivity contribution is 6.15. The fraction of sp³-hybridized carbons (Fsp3) is 0. The second kappa shape index (κ2) is 13.6. The Bertz CT molecular complexity index is 3200. The molecule has 2 heterocycles. The van der Waals surface area contributed by atoms with E-state index in [1.807, 2.05) is 42.5 Å². The molecule has 0 atom stereocenters. The van der Waals surface area contributed by atoms with Gasteiger partial charge in [-0.1, -0.05) is 146 Å². The highest BCUT2D eigenvalue weighted by atomic mass is 16.4. The van der Waals surface area contributed by atoms with Crippen LogP contribution >= 0.6 is 0 Å². The van der Waals surface area contributed by atoms with Crippen molar-refractivity contribution in [1.29, 1.82) is 0 Å². The van der Waals surface area contributed by atoms with E-state index < -0.39 is 0 Å². The summed E-state index contributed by atoms with van der Waals surface area (Å²) in [5.41, 5.74) is 14.3. The van der Waals surface area contributed by atoms with Crippen LogP contribution in [0.5, 0.6) is 0 Å². The molecule has 9 aromatic carbocycles. The first-order chi connectivity index (χ1) is 28.2. The molecule has 2 aromatic heterocycles. The molecule has 0 aliphatic heterocycles. The van der Waals surface area contributed by atoms with Gasteiger partial charge in [0.2, 0.25) is 5.89 Å². The summed E-state index contributed by atoms with van der Waals surface area (Å²) in [5.74, 6) is 0.597. The standard InChI is InChI=1S/C53H34N2O2/c1-4-13-35(14-5-1)36-23-27-40(28-24-36)55(48-32-31-42(37-15-6-2-7-16-37)44-19-10-11-20-45(44)48)41-29-25-38(26-30-41)43-21-12-22-49-52(43)46-33-51-47(34-50(46)56-49)54-53(57-51)39-17-8-3-9-18-39/h1-34H. The Kier molecular flexibility index (Phi) is 7.78. The SMILES string of the molecule is c1ccc(-c2ccc(N(c3ccc(-c4cccc5oc6cc7nc(-c8ccccc8)oc7cc6c45)cc3)c3ccc(-c4ccccc4)c4ccccc34)cc2)cc1. The van der Waals surface area contributed by atoms with E-state index >= 15 is 0 Å². The lowest BCUT2D eigenvalue weighted by molar-refractivity contribution is 0.620. The number of furan rings is 1. The van der Waals surface area contributed by atoms with E-state index in [1.54, 1.807) is 0 Å². The molecule has 0 spiro atoms. The minimum atomic E-state index is 0.597. The number of aromatic nitrogens is 1. The molecule has 0 saturated heterocycles. The summed E-state index contributed by atoms with van der Waals surface area (Å²) in [7, 11) is 0. The summed E-state index contributed by atoms with van der Waals surface area (Å²) < 4.78 is 12.7. The normalized spacial score (nSPS) is 11.5. The van der Waals surface area contributed by atoms with Crippen molar-refractivity contribution in [2.45, 2.75) is 0 Å². The summed E-state index contributed by atoms with van der Waals surface area (Å²) in [6.45, 7) is 0. The van der Waals surface area contributed by atoms with Crippen LogP contribution in [0.1, 0.15) is 0 Å². The van der Waals surface area contributed by atoms with Crippen molar-refractivity contribution >= 4 is 60.9 Å². The molecule has 0 aliphatic carbocycles. The number of hydrogen-bond acceptors (Lipinski definition) is 4. The molecule has 0 amide bonds. The molecular weight excluding hydrogens is 697 g/mol. The summed E-state index contributed by atoms with van der Waals surface area (Å²) >= 11 is 0. The summed E-state index contributed by atoms with van der Waals surface area (Å²) in [6, 6.07) is 72.5. The monoisotopic (exact) mass is 730 g/mol. The van der Waals surface area contributed by atoms with Crippen LogP contribution in [-0.4, -0.2) is 4.98 Å². The van der Waals surface area contributed by atoms with Crippen molar-refractivity contribution < 1.29 is 8.83 Å². The molecule has 268 valence electrons. The maximum absolute atomic E-state index is 6.45. The summed E-state index contributed by atoms with van der Waals surface area (Å²) in [4.78, 5) is 7.16. The van der Waals surface area contributed by atoms with Crippen LogP contribution in [0.15, 0.2) is 215 Å². The zero-order chi connectivity index (χ0) is 37.7. The van der Waals surface area contributed by atoms with Crippen LogP contribution in [-0.2, 0) is 0 Å². The zero-order valence-electron chi connectivity index (χ0n) is 30.8. The summed E-state index contributed by atoms with van der Waals surface area (Å²) in [6.07, 6.45) is 0. The molecule has 4 nitrogen and oxygen atoms in total. The molecular formula is C53H34N2O2. The minimum Gasteiger partial charge on any atom is -0.456 e. The van der Waals surface area contributed by atoms with E-state index in [9.17, 15) is 0 Å². The van der Waals surface area contributed by atoms with E-state index in [0.29, 0.717) is 5.89 Å². The van der Waals surface area contributed by atoms with Crippen LogP contribution in [0.4, 0.5) is 17.1 Å². The van der Waals surface area contributed by atoms with Gasteiger partial charge in [-0.05, 0) is 93.4 Å². The average Bonchev–Trinajstić information content (AvgIpc) is 3.88. The molecule has 0 saturated carbocycles. The quantitative estimate of drug-likeness (QED) is 0.164. The first kappa shape index (κ1) is 32.7. The van der Waals surface area contributed by atoms with Gasteiger partial charge in [0.05, 0.1) is 5.69 Å². The Labute approximate surface area is 329 Å². The molecule has 0 N–H and O–H groups in total. The second-order valence-electron chi connectivity index (χ2n) is 14.3. The Morgan fingerprint density at radius 2 is 0.930 bits per heavy atom. The highest BCUT2D eigenvalue weighted by Gasteiger charge is 2.20.